The second-order valence-electron chi connectivity index (χ2n) is 5.14. The molecule has 0 spiro atoms. The van der Waals surface area contributed by atoms with Crippen LogP contribution in [0.15, 0.2) is 0 Å². The van der Waals surface area contributed by atoms with E-state index in [-0.39, 0.29) is 31.1 Å². The van der Waals surface area contributed by atoms with E-state index in [9.17, 15) is 9.18 Å². The molecule has 15 heavy (non-hydrogen) atoms. The maximum absolute atomic E-state index is 12.1. The maximum Gasteiger partial charge on any atom is 0.255 e. The zero-order chi connectivity index (χ0) is 11.4. The second-order valence-corrected chi connectivity index (χ2v) is 5.14. The molecular formula is C11H22FNOU. The van der Waals surface area contributed by atoms with E-state index in [0.717, 1.165) is 0 Å². The zero-order valence-corrected chi connectivity index (χ0v) is 14.4. The molecule has 0 unspecified atom stereocenters. The summed E-state index contributed by atoms with van der Waals surface area (Å²) >= 11 is 0. The van der Waals surface area contributed by atoms with Crippen LogP contribution >= 0.6 is 0 Å². The summed E-state index contributed by atoms with van der Waals surface area (Å²) in [5, 5.41) is 0. The first-order valence-electron chi connectivity index (χ1n) is 5.20. The van der Waals surface area contributed by atoms with Crippen LogP contribution in [0.5, 0.6) is 0 Å². The molecular weight excluding hydrogens is 419 g/mol. The molecule has 0 aromatic carbocycles. The monoisotopic (exact) mass is 441 g/mol. The van der Waals surface area contributed by atoms with Gasteiger partial charge in [0.15, 0.2) is 5.67 Å². The van der Waals surface area contributed by atoms with Gasteiger partial charge in [-0.15, -0.1) is 0 Å². The average Bonchev–Trinajstić information content (AvgIpc) is 2.67. The van der Waals surface area contributed by atoms with Gasteiger partial charge >= 0.3 is 0 Å². The fourth-order valence-corrected chi connectivity index (χ4v) is 1.11. The summed E-state index contributed by atoms with van der Waals surface area (Å²) in [6.07, 6.45) is 3.29. The third-order valence-corrected chi connectivity index (χ3v) is 2.13. The average molecular weight is 441 g/mol. The Labute approximate surface area is 116 Å². The first kappa shape index (κ1) is 17.8. The molecule has 0 heterocycles. The molecule has 0 bridgehead atoms. The molecule has 1 fully saturated rings. The smallest absolute Gasteiger partial charge is 0.255 e. The van der Waals surface area contributed by atoms with Crippen molar-refractivity contribution in [1.29, 1.82) is 0 Å². The van der Waals surface area contributed by atoms with Crippen molar-refractivity contribution in [2.75, 3.05) is 0 Å². The van der Waals surface area contributed by atoms with Gasteiger partial charge in [0.25, 0.3) is 5.91 Å². The van der Waals surface area contributed by atoms with Crippen molar-refractivity contribution in [3.63, 3.8) is 0 Å². The van der Waals surface area contributed by atoms with E-state index in [1.54, 1.807) is 0 Å². The third-order valence-electron chi connectivity index (χ3n) is 2.13. The normalized spacial score (nSPS) is 16.9. The molecule has 0 atom stereocenters. The number of hydrogen-bond donors (Lipinski definition) is 1. The van der Waals surface area contributed by atoms with Gasteiger partial charge in [0.05, 0.1) is 0 Å². The minimum atomic E-state index is -1.61. The van der Waals surface area contributed by atoms with Crippen LogP contribution in [0.4, 0.5) is 4.39 Å². The van der Waals surface area contributed by atoms with E-state index in [1.165, 1.54) is 12.8 Å². The Morgan fingerprint density at radius 2 is 1.80 bits per heavy atom. The Bertz CT molecular complexity index is 197. The number of halogens is 1. The van der Waals surface area contributed by atoms with Gasteiger partial charge in [-0.05, 0) is 24.7 Å². The van der Waals surface area contributed by atoms with Crippen LogP contribution in [0.2, 0.25) is 0 Å². The first-order chi connectivity index (χ1) is 6.21. The number of alkyl halides is 1. The number of hydrogen-bond acceptors (Lipinski definition) is 1. The number of carbonyl (C=O) groups is 1. The van der Waals surface area contributed by atoms with E-state index < -0.39 is 11.6 Å². The molecule has 1 aliphatic carbocycles. The second kappa shape index (κ2) is 6.91. The van der Waals surface area contributed by atoms with Gasteiger partial charge < -0.3 is 5.73 Å². The number of rotatable bonds is 2. The van der Waals surface area contributed by atoms with Crippen molar-refractivity contribution < 1.29 is 40.3 Å². The van der Waals surface area contributed by atoms with Gasteiger partial charge in [0.2, 0.25) is 0 Å². The Hall–Kier alpha value is 0.452. The molecule has 1 aliphatic rings. The summed E-state index contributed by atoms with van der Waals surface area (Å²) in [5.41, 5.74) is 3.56. The van der Waals surface area contributed by atoms with Crippen LogP contribution < -0.4 is 5.73 Å². The quantitative estimate of drug-likeness (QED) is 0.704. The first-order valence-corrected chi connectivity index (χ1v) is 5.20. The van der Waals surface area contributed by atoms with Crippen LogP contribution in [0.25, 0.3) is 0 Å². The van der Waals surface area contributed by atoms with Gasteiger partial charge in [0.1, 0.15) is 0 Å². The number of amides is 1. The fourth-order valence-electron chi connectivity index (χ4n) is 1.11. The Balaban J connectivity index is 0. The topological polar surface area (TPSA) is 43.1 Å². The summed E-state index contributed by atoms with van der Waals surface area (Å²) in [4.78, 5) is 9.93. The Kier molecular flexibility index (Phi) is 8.22. The predicted octanol–water partition coefficient (Wildman–Crippen LogP) is 2.81. The Morgan fingerprint density at radius 3 is 1.80 bits per heavy atom. The fraction of sp³-hybridized carbons (Fsp3) is 0.909. The molecule has 2 nitrogen and oxygen atoms in total. The van der Waals surface area contributed by atoms with E-state index >= 15 is 0 Å². The molecule has 4 heteroatoms. The van der Waals surface area contributed by atoms with Gasteiger partial charge in [0, 0.05) is 31.1 Å². The summed E-state index contributed by atoms with van der Waals surface area (Å²) in [6, 6.07) is 0. The van der Waals surface area contributed by atoms with Crippen molar-refractivity contribution in [1.82, 2.24) is 0 Å². The van der Waals surface area contributed by atoms with Gasteiger partial charge in [-0.2, -0.15) is 0 Å². The summed E-state index contributed by atoms with van der Waals surface area (Å²) in [5.74, 6) is -0.812. The van der Waals surface area contributed by atoms with Crippen molar-refractivity contribution in [2.45, 2.75) is 59.0 Å². The van der Waals surface area contributed by atoms with Crippen LogP contribution in [-0.2, 0) is 4.79 Å². The molecule has 2 N–H and O–H groups in total. The molecule has 1 rings (SSSR count). The largest absolute Gasteiger partial charge is 0.367 e. The van der Waals surface area contributed by atoms with Gasteiger partial charge in [-0.1, -0.05) is 34.1 Å². The number of primary amides is 1. The molecule has 0 aliphatic heterocycles. The summed E-state index contributed by atoms with van der Waals surface area (Å²) in [6.45, 7) is 9.05. The van der Waals surface area contributed by atoms with Crippen LogP contribution in [0, 0.1) is 36.5 Å². The van der Waals surface area contributed by atoms with Crippen LogP contribution in [0.3, 0.4) is 0 Å². The molecule has 0 radical (unpaired) electrons. The minimum Gasteiger partial charge on any atom is -0.367 e. The van der Waals surface area contributed by atoms with E-state index in [4.69, 9.17) is 0 Å². The molecule has 0 aromatic rings. The van der Waals surface area contributed by atoms with Crippen molar-refractivity contribution in [3.8, 4) is 0 Å². The SMILES string of the molecule is CCCC(C)(C)C.NC(=O)C1(F)CC1.[U]. The third kappa shape index (κ3) is 9.39. The maximum atomic E-state index is 12.1. The minimum absolute atomic E-state index is 0. The predicted molar refractivity (Wildman–Crippen MR) is 56.6 cm³/mol. The molecule has 1 saturated carbocycles. The van der Waals surface area contributed by atoms with E-state index in [1.807, 2.05) is 0 Å². The van der Waals surface area contributed by atoms with E-state index in [2.05, 4.69) is 33.4 Å². The van der Waals surface area contributed by atoms with Gasteiger partial charge in [-0.3, -0.25) is 4.79 Å². The zero-order valence-electron chi connectivity index (χ0n) is 10.2. The standard InChI is InChI=1S/C7H16.C4H6FNO.U/c1-5-6-7(2,3)4;5-4(1-2-4)3(6)7;/h5-6H2,1-4H3;1-2H2,(H2,6,7);. The van der Waals surface area contributed by atoms with Crippen molar-refractivity contribution in [3.05, 3.63) is 0 Å². The number of carbonyl (C=O) groups excluding carboxylic acids is 1. The molecule has 88 valence electrons. The van der Waals surface area contributed by atoms with E-state index in [0.29, 0.717) is 18.3 Å². The number of nitrogens with two attached hydrogens (primary N) is 1. The summed E-state index contributed by atoms with van der Waals surface area (Å²) < 4.78 is 12.1. The summed E-state index contributed by atoms with van der Waals surface area (Å²) in [7, 11) is 0. The van der Waals surface area contributed by atoms with Crippen LogP contribution in [-0.4, -0.2) is 11.6 Å². The van der Waals surface area contributed by atoms with Crippen molar-refractivity contribution >= 4 is 5.91 Å². The molecule has 1 amide bonds. The molecule has 0 saturated heterocycles. The Morgan fingerprint density at radius 1 is 1.40 bits per heavy atom. The van der Waals surface area contributed by atoms with Crippen molar-refractivity contribution in [2.24, 2.45) is 11.1 Å². The molecule has 0 aromatic heterocycles. The van der Waals surface area contributed by atoms with Crippen LogP contribution in [0.1, 0.15) is 53.4 Å². The van der Waals surface area contributed by atoms with Gasteiger partial charge in [-0.25, -0.2) is 4.39 Å².